The summed E-state index contributed by atoms with van der Waals surface area (Å²) in [7, 11) is 0.122. The summed E-state index contributed by atoms with van der Waals surface area (Å²) in [5.74, 6) is 0.469. The van der Waals surface area contributed by atoms with E-state index in [1.807, 2.05) is 14.0 Å². The third-order valence-corrected chi connectivity index (χ3v) is 5.70. The lowest BCUT2D eigenvalue weighted by molar-refractivity contribution is 0.170. The van der Waals surface area contributed by atoms with Crippen molar-refractivity contribution in [2.24, 2.45) is 0 Å². The minimum Gasteiger partial charge on any atom is -0.372 e. The van der Waals surface area contributed by atoms with Crippen molar-refractivity contribution in [2.75, 3.05) is 39.0 Å². The number of piperazine rings is 1. The van der Waals surface area contributed by atoms with Gasteiger partial charge in [-0.3, -0.25) is 0 Å². The van der Waals surface area contributed by atoms with E-state index in [9.17, 15) is 8.42 Å². The average molecular weight is 319 g/mol. The van der Waals surface area contributed by atoms with E-state index < -0.39 is 10.0 Å². The highest BCUT2D eigenvalue weighted by atomic mass is 35.5. The van der Waals surface area contributed by atoms with Crippen molar-refractivity contribution in [2.45, 2.75) is 17.9 Å². The molecule has 1 atom stereocenters. The first-order chi connectivity index (χ1) is 9.36. The predicted molar refractivity (Wildman–Crippen MR) is 79.6 cm³/mol. The minimum absolute atomic E-state index is 0.0681. The lowest BCUT2D eigenvalue weighted by Crippen LogP contribution is -2.52. The van der Waals surface area contributed by atoms with E-state index in [0.29, 0.717) is 17.4 Å². The van der Waals surface area contributed by atoms with Crippen molar-refractivity contribution in [3.8, 4) is 0 Å². The zero-order valence-corrected chi connectivity index (χ0v) is 13.4. The molecule has 8 heteroatoms. The fraction of sp³-hybridized carbons (Fsp3) is 0.583. The van der Waals surface area contributed by atoms with E-state index in [4.69, 9.17) is 11.6 Å². The van der Waals surface area contributed by atoms with E-state index in [2.05, 4.69) is 15.2 Å². The number of hydrogen-bond donors (Lipinski definition) is 1. The predicted octanol–water partition coefficient (Wildman–Crippen LogP) is 1.10. The Kier molecular flexibility index (Phi) is 4.53. The molecule has 0 bridgehead atoms. The molecular weight excluding hydrogens is 300 g/mol. The Hall–Kier alpha value is -0.890. The number of pyridine rings is 1. The lowest BCUT2D eigenvalue weighted by Gasteiger charge is -2.37. The number of aromatic nitrogens is 1. The molecule has 0 aromatic carbocycles. The van der Waals surface area contributed by atoms with E-state index in [1.165, 1.54) is 16.6 Å². The molecular formula is C12H19ClN4O2S. The molecule has 20 heavy (non-hydrogen) atoms. The SMILES string of the molecule is CNc1ncc(S(=O)(=O)N2CCN(C)CC2C)cc1Cl. The number of likely N-dealkylation sites (N-methyl/N-ethyl adjacent to an activating group) is 1. The van der Waals surface area contributed by atoms with Gasteiger partial charge in [-0.25, -0.2) is 13.4 Å². The fourth-order valence-corrected chi connectivity index (χ4v) is 4.27. The quantitative estimate of drug-likeness (QED) is 0.904. The number of rotatable bonds is 3. The van der Waals surface area contributed by atoms with E-state index >= 15 is 0 Å². The molecule has 1 unspecified atom stereocenters. The van der Waals surface area contributed by atoms with E-state index in [0.717, 1.165) is 13.1 Å². The largest absolute Gasteiger partial charge is 0.372 e. The zero-order valence-electron chi connectivity index (χ0n) is 11.8. The maximum absolute atomic E-state index is 12.6. The third-order valence-electron chi connectivity index (χ3n) is 3.43. The van der Waals surface area contributed by atoms with Crippen LogP contribution in [0.5, 0.6) is 0 Å². The standard InChI is InChI=1S/C12H19ClN4O2S/c1-9-8-16(3)4-5-17(9)20(18,19)10-6-11(13)12(14-2)15-7-10/h6-7,9H,4-5,8H2,1-3H3,(H,14,15). The topological polar surface area (TPSA) is 65.5 Å². The summed E-state index contributed by atoms with van der Waals surface area (Å²) < 4.78 is 26.8. The summed E-state index contributed by atoms with van der Waals surface area (Å²) in [6.45, 7) is 3.82. The molecule has 6 nitrogen and oxygen atoms in total. The highest BCUT2D eigenvalue weighted by Crippen LogP contribution is 2.26. The number of sulfonamides is 1. The van der Waals surface area contributed by atoms with E-state index in [1.54, 1.807) is 7.05 Å². The van der Waals surface area contributed by atoms with Crippen molar-refractivity contribution < 1.29 is 8.42 Å². The van der Waals surface area contributed by atoms with Gasteiger partial charge in [0.15, 0.2) is 0 Å². The molecule has 0 amide bonds. The second-order valence-electron chi connectivity index (χ2n) is 4.98. The molecule has 1 N–H and O–H groups in total. The molecule has 1 aliphatic rings. The van der Waals surface area contributed by atoms with Crippen LogP contribution >= 0.6 is 11.6 Å². The van der Waals surface area contributed by atoms with Crippen molar-refractivity contribution in [3.63, 3.8) is 0 Å². The fourth-order valence-electron chi connectivity index (χ4n) is 2.36. The van der Waals surface area contributed by atoms with Crippen LogP contribution in [0.2, 0.25) is 5.02 Å². The summed E-state index contributed by atoms with van der Waals surface area (Å²) in [5.41, 5.74) is 0. The van der Waals surface area contributed by atoms with Gasteiger partial charge in [-0.2, -0.15) is 4.31 Å². The average Bonchev–Trinajstić information content (AvgIpc) is 2.38. The van der Waals surface area contributed by atoms with E-state index in [-0.39, 0.29) is 10.9 Å². The number of halogens is 1. The van der Waals surface area contributed by atoms with Gasteiger partial charge in [-0.1, -0.05) is 11.6 Å². The van der Waals surface area contributed by atoms with Crippen LogP contribution < -0.4 is 5.32 Å². The molecule has 1 aliphatic heterocycles. The maximum Gasteiger partial charge on any atom is 0.244 e. The van der Waals surface area contributed by atoms with Gasteiger partial charge in [-0.05, 0) is 20.0 Å². The van der Waals surface area contributed by atoms with Gasteiger partial charge in [0, 0.05) is 38.9 Å². The zero-order chi connectivity index (χ0) is 14.9. The smallest absolute Gasteiger partial charge is 0.244 e. The van der Waals surface area contributed by atoms with Gasteiger partial charge < -0.3 is 10.2 Å². The molecule has 0 radical (unpaired) electrons. The Balaban J connectivity index is 2.33. The summed E-state index contributed by atoms with van der Waals surface area (Å²) in [6.07, 6.45) is 1.35. The molecule has 2 heterocycles. The molecule has 2 rings (SSSR count). The molecule has 1 fully saturated rings. The van der Waals surface area contributed by atoms with Crippen LogP contribution in [0.3, 0.4) is 0 Å². The molecule has 1 aromatic heterocycles. The Morgan fingerprint density at radius 3 is 2.70 bits per heavy atom. The van der Waals surface area contributed by atoms with Gasteiger partial charge in [0.1, 0.15) is 10.7 Å². The summed E-state index contributed by atoms with van der Waals surface area (Å²) in [4.78, 5) is 6.29. The molecule has 0 spiro atoms. The lowest BCUT2D eigenvalue weighted by atomic mass is 10.2. The van der Waals surface area contributed by atoms with Gasteiger partial charge >= 0.3 is 0 Å². The first-order valence-electron chi connectivity index (χ1n) is 6.40. The molecule has 112 valence electrons. The van der Waals surface area contributed by atoms with Crippen molar-refractivity contribution >= 4 is 27.4 Å². The van der Waals surface area contributed by atoms with Crippen LogP contribution in [0.15, 0.2) is 17.2 Å². The van der Waals surface area contributed by atoms with Crippen molar-refractivity contribution in [3.05, 3.63) is 17.3 Å². The number of nitrogens with one attached hydrogen (secondary N) is 1. The van der Waals surface area contributed by atoms with Crippen LogP contribution in [0, 0.1) is 0 Å². The number of hydrogen-bond acceptors (Lipinski definition) is 5. The van der Waals surface area contributed by atoms with Gasteiger partial charge in [0.2, 0.25) is 10.0 Å². The second kappa shape index (κ2) is 5.85. The van der Waals surface area contributed by atoms with Crippen LogP contribution in [0.25, 0.3) is 0 Å². The highest BCUT2D eigenvalue weighted by molar-refractivity contribution is 7.89. The first-order valence-corrected chi connectivity index (χ1v) is 8.21. The third kappa shape index (κ3) is 2.90. The number of anilines is 1. The Bertz CT molecular complexity index is 593. The Morgan fingerprint density at radius 1 is 1.45 bits per heavy atom. The van der Waals surface area contributed by atoms with Crippen molar-refractivity contribution in [1.82, 2.24) is 14.2 Å². The Morgan fingerprint density at radius 2 is 2.15 bits per heavy atom. The molecule has 0 saturated carbocycles. The van der Waals surface area contributed by atoms with Gasteiger partial charge in [0.25, 0.3) is 0 Å². The minimum atomic E-state index is -3.55. The maximum atomic E-state index is 12.6. The van der Waals surface area contributed by atoms with Crippen LogP contribution in [-0.4, -0.2) is 62.4 Å². The first kappa shape index (κ1) is 15.5. The molecule has 0 aliphatic carbocycles. The van der Waals surface area contributed by atoms with Gasteiger partial charge in [-0.15, -0.1) is 0 Å². The number of nitrogens with zero attached hydrogens (tertiary/aromatic N) is 3. The normalized spacial score (nSPS) is 21.9. The molecule has 1 aromatic rings. The highest BCUT2D eigenvalue weighted by Gasteiger charge is 2.33. The van der Waals surface area contributed by atoms with Gasteiger partial charge in [0.05, 0.1) is 5.02 Å². The van der Waals surface area contributed by atoms with Crippen molar-refractivity contribution in [1.29, 1.82) is 0 Å². The van der Waals surface area contributed by atoms with Crippen LogP contribution in [0.1, 0.15) is 6.92 Å². The molecule has 1 saturated heterocycles. The second-order valence-corrected chi connectivity index (χ2v) is 7.28. The summed E-state index contributed by atoms with van der Waals surface area (Å²) in [5, 5.41) is 3.11. The van der Waals surface area contributed by atoms with Crippen LogP contribution in [0.4, 0.5) is 5.82 Å². The summed E-state index contributed by atoms with van der Waals surface area (Å²) in [6, 6.07) is 1.38. The summed E-state index contributed by atoms with van der Waals surface area (Å²) >= 11 is 6.02. The van der Waals surface area contributed by atoms with Crippen LogP contribution in [-0.2, 0) is 10.0 Å². The Labute approximate surface area is 124 Å². The monoisotopic (exact) mass is 318 g/mol.